The van der Waals surface area contributed by atoms with Crippen LogP contribution in [0.2, 0.25) is 0 Å². The zero-order chi connectivity index (χ0) is 20.6. The Balaban J connectivity index is 1.47. The molecule has 0 unspecified atom stereocenters. The van der Waals surface area contributed by atoms with E-state index in [4.69, 9.17) is 0 Å². The molecule has 1 heterocycles. The van der Waals surface area contributed by atoms with Crippen LogP contribution in [0.5, 0.6) is 0 Å². The molecule has 3 rings (SSSR count). The molecule has 3 aromatic rings. The first-order valence-electron chi connectivity index (χ1n) is 8.91. The summed E-state index contributed by atoms with van der Waals surface area (Å²) >= 11 is 1.60. The monoisotopic (exact) mass is 409 g/mol. The normalized spacial score (nSPS) is 10.3. The van der Waals surface area contributed by atoms with E-state index >= 15 is 0 Å². The average molecular weight is 409 g/mol. The van der Waals surface area contributed by atoms with E-state index in [1.807, 2.05) is 17.5 Å². The number of nitrogens with zero attached hydrogens (tertiary/aromatic N) is 1. The summed E-state index contributed by atoms with van der Waals surface area (Å²) in [5.74, 6) is -0.284. The molecule has 0 bridgehead atoms. The van der Waals surface area contributed by atoms with Crippen molar-refractivity contribution in [1.82, 2.24) is 5.32 Å². The predicted octanol–water partition coefficient (Wildman–Crippen LogP) is 3.70. The number of amides is 2. The highest BCUT2D eigenvalue weighted by Gasteiger charge is 2.09. The maximum absolute atomic E-state index is 12.2. The summed E-state index contributed by atoms with van der Waals surface area (Å²) in [5.41, 5.74) is 2.15. The van der Waals surface area contributed by atoms with Gasteiger partial charge in [-0.3, -0.25) is 19.7 Å². The molecule has 0 saturated heterocycles. The number of nitro benzene ring substituents is 1. The van der Waals surface area contributed by atoms with Crippen molar-refractivity contribution in [2.24, 2.45) is 0 Å². The Kier molecular flexibility index (Phi) is 6.70. The third-order valence-corrected chi connectivity index (χ3v) is 5.03. The number of rotatable bonds is 8. The molecular formula is C21H19N3O4S. The lowest BCUT2D eigenvalue weighted by atomic mass is 10.1. The van der Waals surface area contributed by atoms with Crippen LogP contribution in [-0.4, -0.2) is 16.7 Å². The number of nitro groups is 1. The fraction of sp³-hybridized carbons (Fsp3) is 0.143. The van der Waals surface area contributed by atoms with Gasteiger partial charge < -0.3 is 10.6 Å². The number of hydrogen-bond acceptors (Lipinski definition) is 5. The van der Waals surface area contributed by atoms with Crippen LogP contribution < -0.4 is 10.6 Å². The Labute approximate surface area is 171 Å². The summed E-state index contributed by atoms with van der Waals surface area (Å²) in [7, 11) is 0. The van der Waals surface area contributed by atoms with Crippen LogP contribution in [-0.2, 0) is 29.0 Å². The minimum atomic E-state index is -0.478. The second-order valence-electron chi connectivity index (χ2n) is 6.38. The lowest BCUT2D eigenvalue weighted by Crippen LogP contribution is -2.24. The predicted molar refractivity (Wildman–Crippen MR) is 112 cm³/mol. The molecule has 1 aromatic heterocycles. The van der Waals surface area contributed by atoms with Crippen molar-refractivity contribution < 1.29 is 14.5 Å². The lowest BCUT2D eigenvalue weighted by Gasteiger charge is -2.07. The lowest BCUT2D eigenvalue weighted by molar-refractivity contribution is -0.384. The van der Waals surface area contributed by atoms with Gasteiger partial charge in [0.1, 0.15) is 0 Å². The fourth-order valence-electron chi connectivity index (χ4n) is 2.68. The van der Waals surface area contributed by atoms with Crippen molar-refractivity contribution in [1.29, 1.82) is 0 Å². The summed E-state index contributed by atoms with van der Waals surface area (Å²) in [6.45, 7) is 0.521. The van der Waals surface area contributed by atoms with E-state index < -0.39 is 4.92 Å². The number of anilines is 1. The number of carbonyl (C=O) groups is 2. The Morgan fingerprint density at radius 1 is 0.897 bits per heavy atom. The van der Waals surface area contributed by atoms with Crippen molar-refractivity contribution in [2.45, 2.75) is 19.4 Å². The van der Waals surface area contributed by atoms with Gasteiger partial charge in [-0.25, -0.2) is 0 Å². The largest absolute Gasteiger partial charge is 0.351 e. The Bertz CT molecular complexity index is 984. The molecule has 0 aliphatic carbocycles. The first-order valence-corrected chi connectivity index (χ1v) is 9.79. The van der Waals surface area contributed by atoms with Gasteiger partial charge in [-0.05, 0) is 34.7 Å². The van der Waals surface area contributed by atoms with Crippen molar-refractivity contribution in [2.75, 3.05) is 5.32 Å². The number of benzene rings is 2. The van der Waals surface area contributed by atoms with Gasteiger partial charge in [0, 0.05) is 22.7 Å². The first kappa shape index (κ1) is 20.2. The highest BCUT2D eigenvalue weighted by molar-refractivity contribution is 7.09. The van der Waals surface area contributed by atoms with E-state index in [0.29, 0.717) is 17.8 Å². The summed E-state index contributed by atoms with van der Waals surface area (Å²) in [5, 5.41) is 18.3. The van der Waals surface area contributed by atoms with E-state index in [1.54, 1.807) is 47.7 Å². The van der Waals surface area contributed by atoms with Crippen LogP contribution in [0.1, 0.15) is 16.0 Å². The van der Waals surface area contributed by atoms with Crippen LogP contribution in [0.3, 0.4) is 0 Å². The Hall–Kier alpha value is -3.52. The van der Waals surface area contributed by atoms with Crippen LogP contribution in [0.15, 0.2) is 66.0 Å². The van der Waals surface area contributed by atoms with E-state index in [2.05, 4.69) is 10.6 Å². The molecule has 8 heteroatoms. The molecular weight excluding hydrogens is 390 g/mol. The summed E-state index contributed by atoms with van der Waals surface area (Å²) in [4.78, 5) is 35.5. The molecule has 0 radical (unpaired) electrons. The van der Waals surface area contributed by atoms with E-state index in [9.17, 15) is 19.7 Å². The van der Waals surface area contributed by atoms with Gasteiger partial charge in [-0.2, -0.15) is 0 Å². The molecule has 2 N–H and O–H groups in total. The van der Waals surface area contributed by atoms with E-state index in [-0.39, 0.29) is 30.3 Å². The quantitative estimate of drug-likeness (QED) is 0.437. The summed E-state index contributed by atoms with van der Waals surface area (Å²) < 4.78 is 0. The number of non-ortho nitro benzene ring substituents is 1. The molecule has 7 nitrogen and oxygen atoms in total. The topological polar surface area (TPSA) is 101 Å². The van der Waals surface area contributed by atoms with E-state index in [1.165, 1.54) is 12.1 Å². The zero-order valence-electron chi connectivity index (χ0n) is 15.5. The number of thiophene rings is 1. The van der Waals surface area contributed by atoms with Crippen molar-refractivity contribution >= 4 is 34.5 Å². The van der Waals surface area contributed by atoms with Crippen LogP contribution >= 0.6 is 11.3 Å². The number of nitrogens with one attached hydrogen (secondary N) is 2. The van der Waals surface area contributed by atoms with Crippen LogP contribution in [0, 0.1) is 10.1 Å². The van der Waals surface area contributed by atoms with Crippen LogP contribution in [0.4, 0.5) is 11.4 Å². The van der Waals surface area contributed by atoms with Crippen molar-refractivity contribution in [3.63, 3.8) is 0 Å². The second-order valence-corrected chi connectivity index (χ2v) is 7.41. The molecule has 0 atom stereocenters. The third-order valence-electron chi connectivity index (χ3n) is 4.15. The fourth-order valence-corrected chi connectivity index (χ4v) is 3.32. The van der Waals surface area contributed by atoms with Gasteiger partial charge in [0.05, 0.1) is 24.3 Å². The first-order chi connectivity index (χ1) is 14.0. The minimum Gasteiger partial charge on any atom is -0.351 e. The second kappa shape index (κ2) is 9.61. The van der Waals surface area contributed by atoms with Crippen molar-refractivity contribution in [3.8, 4) is 0 Å². The molecule has 2 aromatic carbocycles. The smallest absolute Gasteiger partial charge is 0.269 e. The van der Waals surface area contributed by atoms with Crippen molar-refractivity contribution in [3.05, 3.63) is 92.2 Å². The maximum Gasteiger partial charge on any atom is 0.269 e. The third kappa shape index (κ3) is 6.25. The molecule has 0 saturated carbocycles. The highest BCUT2D eigenvalue weighted by atomic mass is 32.1. The molecule has 0 aliphatic heterocycles. The van der Waals surface area contributed by atoms with E-state index in [0.717, 1.165) is 10.4 Å². The van der Waals surface area contributed by atoms with Gasteiger partial charge in [0.25, 0.3) is 5.69 Å². The van der Waals surface area contributed by atoms with Gasteiger partial charge in [0.2, 0.25) is 11.8 Å². The minimum absolute atomic E-state index is 0.0100. The SMILES string of the molecule is O=C(Cc1ccc(NC(=O)Cc2ccc([N+](=O)[O-])cc2)cc1)NCc1cccs1. The summed E-state index contributed by atoms with van der Waals surface area (Å²) in [6.07, 6.45) is 0.382. The zero-order valence-corrected chi connectivity index (χ0v) is 16.3. The maximum atomic E-state index is 12.2. The van der Waals surface area contributed by atoms with Crippen LogP contribution in [0.25, 0.3) is 0 Å². The number of hydrogen-bond donors (Lipinski definition) is 2. The molecule has 2 amide bonds. The number of carbonyl (C=O) groups excluding carboxylic acids is 2. The molecule has 0 aliphatic rings. The Morgan fingerprint density at radius 3 is 2.10 bits per heavy atom. The molecule has 148 valence electrons. The summed E-state index contributed by atoms with van der Waals surface area (Å²) in [6, 6.07) is 16.9. The Morgan fingerprint density at radius 2 is 1.52 bits per heavy atom. The standard InChI is InChI=1S/C21H19N3O4S/c25-20(22-14-19-2-1-11-29-19)12-15-3-7-17(8-4-15)23-21(26)13-16-5-9-18(10-6-16)24(27)28/h1-11H,12-14H2,(H,22,25)(H,23,26). The molecule has 29 heavy (non-hydrogen) atoms. The molecule has 0 spiro atoms. The van der Waals surface area contributed by atoms with Gasteiger partial charge in [0.15, 0.2) is 0 Å². The molecule has 0 fully saturated rings. The van der Waals surface area contributed by atoms with Gasteiger partial charge in [-0.15, -0.1) is 11.3 Å². The van der Waals surface area contributed by atoms with Gasteiger partial charge >= 0.3 is 0 Å². The van der Waals surface area contributed by atoms with Gasteiger partial charge in [-0.1, -0.05) is 30.3 Å². The highest BCUT2D eigenvalue weighted by Crippen LogP contribution is 2.14. The average Bonchev–Trinajstić information content (AvgIpc) is 3.22.